The normalized spacial score (nSPS) is 13.4. The minimum absolute atomic E-state index is 0.0122. The highest BCUT2D eigenvalue weighted by Gasteiger charge is 2.25. The fourth-order valence-corrected chi connectivity index (χ4v) is 3.13. The van der Waals surface area contributed by atoms with E-state index in [0.717, 1.165) is 11.1 Å². The standard InChI is InChI=1S/C20H17N3O4/c24-17-10-14(13-3-1-5-21-11-13)9-15-12-23(7-8-27-18(15)17)20(26)16-4-2-6-22-19(16)25/h1-6,9-11,24H,7-8,12H2,(H,22,25). The van der Waals surface area contributed by atoms with E-state index < -0.39 is 5.56 Å². The molecule has 1 aliphatic heterocycles. The number of aromatic amines is 1. The van der Waals surface area contributed by atoms with Crippen molar-refractivity contribution in [2.75, 3.05) is 13.2 Å². The number of pyridine rings is 2. The zero-order valence-corrected chi connectivity index (χ0v) is 14.4. The van der Waals surface area contributed by atoms with E-state index in [1.807, 2.05) is 18.2 Å². The Hall–Kier alpha value is -3.61. The third kappa shape index (κ3) is 3.27. The largest absolute Gasteiger partial charge is 0.504 e. The minimum Gasteiger partial charge on any atom is -0.504 e. The SMILES string of the molecule is O=C(c1ccc[nH]c1=O)N1CCOc2c(O)cc(-c3cccnc3)cc2C1. The van der Waals surface area contributed by atoms with Crippen molar-refractivity contribution in [2.24, 2.45) is 0 Å². The Morgan fingerprint density at radius 3 is 2.89 bits per heavy atom. The van der Waals surface area contributed by atoms with Crippen molar-refractivity contribution in [3.05, 3.63) is 76.5 Å². The predicted molar refractivity (Wildman–Crippen MR) is 98.6 cm³/mol. The molecule has 0 saturated carbocycles. The van der Waals surface area contributed by atoms with Crippen molar-refractivity contribution in [1.82, 2.24) is 14.9 Å². The number of hydrogen-bond donors (Lipinski definition) is 2. The maximum Gasteiger partial charge on any atom is 0.260 e. The first-order valence-corrected chi connectivity index (χ1v) is 8.49. The Morgan fingerprint density at radius 1 is 1.22 bits per heavy atom. The molecule has 1 amide bonds. The average molecular weight is 363 g/mol. The van der Waals surface area contributed by atoms with Crippen LogP contribution in [-0.4, -0.2) is 39.0 Å². The number of nitrogens with one attached hydrogen (secondary N) is 1. The molecule has 0 radical (unpaired) electrons. The number of hydrogen-bond acceptors (Lipinski definition) is 5. The van der Waals surface area contributed by atoms with Gasteiger partial charge < -0.3 is 19.7 Å². The van der Waals surface area contributed by atoms with Crippen LogP contribution in [0.5, 0.6) is 11.5 Å². The first-order chi connectivity index (χ1) is 13.1. The number of phenolic OH excluding ortho intramolecular Hbond substituents is 1. The predicted octanol–water partition coefficient (Wildman–Crippen LogP) is 2.18. The van der Waals surface area contributed by atoms with E-state index in [0.29, 0.717) is 17.9 Å². The highest BCUT2D eigenvalue weighted by atomic mass is 16.5. The fourth-order valence-electron chi connectivity index (χ4n) is 3.13. The molecule has 7 heteroatoms. The lowest BCUT2D eigenvalue weighted by Crippen LogP contribution is -2.35. The van der Waals surface area contributed by atoms with Crippen molar-refractivity contribution in [1.29, 1.82) is 0 Å². The van der Waals surface area contributed by atoms with Crippen LogP contribution in [0.1, 0.15) is 15.9 Å². The van der Waals surface area contributed by atoms with Crippen LogP contribution in [0, 0.1) is 0 Å². The Morgan fingerprint density at radius 2 is 2.11 bits per heavy atom. The highest BCUT2D eigenvalue weighted by molar-refractivity contribution is 5.93. The Kier molecular flexibility index (Phi) is 4.33. The smallest absolute Gasteiger partial charge is 0.260 e. The van der Waals surface area contributed by atoms with Crippen LogP contribution in [-0.2, 0) is 6.54 Å². The quantitative estimate of drug-likeness (QED) is 0.728. The van der Waals surface area contributed by atoms with Gasteiger partial charge in [0.05, 0.1) is 6.54 Å². The molecule has 0 saturated heterocycles. The molecule has 7 nitrogen and oxygen atoms in total. The molecule has 4 rings (SSSR count). The number of fused-ring (bicyclic) bond motifs is 1. The molecule has 136 valence electrons. The fraction of sp³-hybridized carbons (Fsp3) is 0.150. The first kappa shape index (κ1) is 16.8. The summed E-state index contributed by atoms with van der Waals surface area (Å²) in [4.78, 5) is 32.9. The summed E-state index contributed by atoms with van der Waals surface area (Å²) in [7, 11) is 0. The minimum atomic E-state index is -0.431. The van der Waals surface area contributed by atoms with E-state index in [1.54, 1.807) is 29.4 Å². The van der Waals surface area contributed by atoms with Crippen LogP contribution in [0.4, 0.5) is 0 Å². The summed E-state index contributed by atoms with van der Waals surface area (Å²) in [6, 6.07) is 10.3. The van der Waals surface area contributed by atoms with Gasteiger partial charge in [-0.25, -0.2) is 0 Å². The van der Waals surface area contributed by atoms with Crippen LogP contribution in [0.3, 0.4) is 0 Å². The molecule has 0 spiro atoms. The second kappa shape index (κ2) is 6.95. The van der Waals surface area contributed by atoms with Crippen molar-refractivity contribution < 1.29 is 14.6 Å². The number of benzene rings is 1. The number of aromatic nitrogens is 2. The zero-order chi connectivity index (χ0) is 18.8. The molecule has 3 heterocycles. The topological polar surface area (TPSA) is 95.5 Å². The van der Waals surface area contributed by atoms with Gasteiger partial charge in [-0.2, -0.15) is 0 Å². The van der Waals surface area contributed by atoms with Gasteiger partial charge in [-0.15, -0.1) is 0 Å². The zero-order valence-electron chi connectivity index (χ0n) is 14.4. The number of nitrogens with zero attached hydrogens (tertiary/aromatic N) is 2. The van der Waals surface area contributed by atoms with Gasteiger partial charge in [-0.3, -0.25) is 14.6 Å². The average Bonchev–Trinajstić information content (AvgIpc) is 2.91. The van der Waals surface area contributed by atoms with Crippen LogP contribution in [0.25, 0.3) is 11.1 Å². The summed E-state index contributed by atoms with van der Waals surface area (Å²) in [6.45, 7) is 0.761. The van der Waals surface area contributed by atoms with Crippen molar-refractivity contribution in [3.8, 4) is 22.6 Å². The summed E-state index contributed by atoms with van der Waals surface area (Å²) < 4.78 is 5.67. The van der Waals surface area contributed by atoms with E-state index in [-0.39, 0.29) is 30.4 Å². The van der Waals surface area contributed by atoms with E-state index in [1.165, 1.54) is 12.3 Å². The number of ether oxygens (including phenoxy) is 1. The van der Waals surface area contributed by atoms with Crippen molar-refractivity contribution in [2.45, 2.75) is 6.54 Å². The number of phenols is 1. The summed E-state index contributed by atoms with van der Waals surface area (Å²) in [5, 5.41) is 10.4. The van der Waals surface area contributed by atoms with Crippen molar-refractivity contribution >= 4 is 5.91 Å². The molecule has 0 fully saturated rings. The van der Waals surface area contributed by atoms with Gasteiger partial charge in [0, 0.05) is 36.3 Å². The van der Waals surface area contributed by atoms with E-state index in [4.69, 9.17) is 4.74 Å². The van der Waals surface area contributed by atoms with Crippen LogP contribution >= 0.6 is 0 Å². The summed E-state index contributed by atoms with van der Waals surface area (Å²) >= 11 is 0. The van der Waals surface area contributed by atoms with Crippen LogP contribution < -0.4 is 10.3 Å². The Balaban J connectivity index is 1.71. The number of carbonyl (C=O) groups is 1. The number of amides is 1. The van der Waals surface area contributed by atoms with Crippen LogP contribution in [0.2, 0.25) is 0 Å². The monoisotopic (exact) mass is 363 g/mol. The summed E-state index contributed by atoms with van der Waals surface area (Å²) in [5.41, 5.74) is 1.94. The molecular formula is C20H17N3O4. The molecule has 3 aromatic rings. The molecule has 1 aliphatic rings. The van der Waals surface area contributed by atoms with Crippen molar-refractivity contribution in [3.63, 3.8) is 0 Å². The molecule has 1 aromatic carbocycles. The summed E-state index contributed by atoms with van der Waals surface area (Å²) in [5.74, 6) is -0.00214. The van der Waals surface area contributed by atoms with Gasteiger partial charge in [-0.05, 0) is 35.9 Å². The molecule has 0 bridgehead atoms. The lowest BCUT2D eigenvalue weighted by atomic mass is 10.0. The maximum atomic E-state index is 12.8. The second-order valence-corrected chi connectivity index (χ2v) is 6.21. The third-order valence-electron chi connectivity index (χ3n) is 4.45. The van der Waals surface area contributed by atoms with Crippen LogP contribution in [0.15, 0.2) is 59.8 Å². The molecule has 0 atom stereocenters. The molecule has 2 N–H and O–H groups in total. The Labute approximate surface area is 154 Å². The highest BCUT2D eigenvalue weighted by Crippen LogP contribution is 2.37. The maximum absolute atomic E-state index is 12.8. The summed E-state index contributed by atoms with van der Waals surface area (Å²) in [6.07, 6.45) is 4.86. The lowest BCUT2D eigenvalue weighted by Gasteiger charge is -2.19. The number of aromatic hydroxyl groups is 1. The molecule has 2 aromatic heterocycles. The van der Waals surface area contributed by atoms with Gasteiger partial charge in [0.25, 0.3) is 11.5 Å². The molecular weight excluding hydrogens is 346 g/mol. The number of carbonyl (C=O) groups excluding carboxylic acids is 1. The first-order valence-electron chi connectivity index (χ1n) is 8.49. The lowest BCUT2D eigenvalue weighted by molar-refractivity contribution is 0.0731. The van der Waals surface area contributed by atoms with E-state index >= 15 is 0 Å². The number of rotatable bonds is 2. The molecule has 0 aliphatic carbocycles. The van der Waals surface area contributed by atoms with Gasteiger partial charge in [0.1, 0.15) is 12.2 Å². The third-order valence-corrected chi connectivity index (χ3v) is 4.45. The number of H-pyrrole nitrogens is 1. The van der Waals surface area contributed by atoms with Gasteiger partial charge in [0.2, 0.25) is 0 Å². The van der Waals surface area contributed by atoms with E-state index in [9.17, 15) is 14.7 Å². The van der Waals surface area contributed by atoms with Gasteiger partial charge >= 0.3 is 0 Å². The molecule has 0 unspecified atom stereocenters. The second-order valence-electron chi connectivity index (χ2n) is 6.21. The Bertz CT molecular complexity index is 1050. The van der Waals surface area contributed by atoms with Gasteiger partial charge in [0.15, 0.2) is 11.5 Å². The van der Waals surface area contributed by atoms with E-state index in [2.05, 4.69) is 9.97 Å². The van der Waals surface area contributed by atoms with Gasteiger partial charge in [-0.1, -0.05) is 6.07 Å². The molecule has 27 heavy (non-hydrogen) atoms.